The lowest BCUT2D eigenvalue weighted by atomic mass is 9.89. The number of nitrogens with zero attached hydrogens (tertiary/aromatic N) is 3. The third-order valence-corrected chi connectivity index (χ3v) is 5.88. The molecule has 170 valence electrons. The summed E-state index contributed by atoms with van der Waals surface area (Å²) in [4.78, 5) is 30.1. The molecule has 4 rings (SSSR count). The standard InChI is InChI=1S/C17H21N3O3S.C2HF3O2/c21-16(14-2-1-9-22-14)20-8-10-23-17(13-20)3-6-19(7-4-17)12-15-18-5-11-24-15;3-2(4,5)1(6)7/h1-2,5,9,11H,3-4,6-8,10,12-13H2;(H,6,7). The van der Waals surface area contributed by atoms with Crippen LogP contribution < -0.4 is 0 Å². The molecule has 31 heavy (non-hydrogen) atoms. The molecule has 0 bridgehead atoms. The smallest absolute Gasteiger partial charge is 0.475 e. The van der Waals surface area contributed by atoms with Gasteiger partial charge in [-0.15, -0.1) is 11.3 Å². The van der Waals surface area contributed by atoms with Gasteiger partial charge in [0.2, 0.25) is 0 Å². The molecule has 2 saturated heterocycles. The van der Waals surface area contributed by atoms with Crippen molar-refractivity contribution in [3.63, 3.8) is 0 Å². The van der Waals surface area contributed by atoms with Crippen molar-refractivity contribution < 1.29 is 37.0 Å². The quantitative estimate of drug-likeness (QED) is 0.751. The van der Waals surface area contributed by atoms with Gasteiger partial charge in [0.15, 0.2) is 5.76 Å². The third kappa shape index (κ3) is 6.28. The van der Waals surface area contributed by atoms with Crippen LogP contribution in [0.1, 0.15) is 28.4 Å². The van der Waals surface area contributed by atoms with Crippen molar-refractivity contribution in [1.29, 1.82) is 0 Å². The monoisotopic (exact) mass is 461 g/mol. The number of hydrogen-bond acceptors (Lipinski definition) is 7. The molecule has 12 heteroatoms. The second-order valence-corrected chi connectivity index (χ2v) is 8.22. The summed E-state index contributed by atoms with van der Waals surface area (Å²) < 4.78 is 43.1. The largest absolute Gasteiger partial charge is 0.490 e. The van der Waals surface area contributed by atoms with E-state index in [1.54, 1.807) is 29.7 Å². The number of carboxylic acid groups (broad SMARTS) is 1. The molecule has 1 spiro atoms. The van der Waals surface area contributed by atoms with Crippen LogP contribution >= 0.6 is 11.3 Å². The van der Waals surface area contributed by atoms with Crippen LogP contribution in [0.25, 0.3) is 0 Å². The van der Waals surface area contributed by atoms with Crippen LogP contribution in [0.4, 0.5) is 13.2 Å². The third-order valence-electron chi connectivity index (χ3n) is 5.12. The Morgan fingerprint density at radius 2 is 1.97 bits per heavy atom. The number of aromatic nitrogens is 1. The van der Waals surface area contributed by atoms with E-state index in [1.807, 2.05) is 16.5 Å². The van der Waals surface area contributed by atoms with Crippen LogP contribution in [0.15, 0.2) is 34.4 Å². The molecule has 0 aliphatic carbocycles. The van der Waals surface area contributed by atoms with E-state index in [0.29, 0.717) is 25.5 Å². The van der Waals surface area contributed by atoms with Gasteiger partial charge in [-0.3, -0.25) is 9.69 Å². The van der Waals surface area contributed by atoms with E-state index in [1.165, 1.54) is 0 Å². The van der Waals surface area contributed by atoms with Gasteiger partial charge in [0.1, 0.15) is 5.01 Å². The summed E-state index contributed by atoms with van der Waals surface area (Å²) in [5.74, 6) is -2.38. The van der Waals surface area contributed by atoms with Gasteiger partial charge in [0.25, 0.3) is 5.91 Å². The number of rotatable bonds is 3. The average molecular weight is 461 g/mol. The number of piperidine rings is 1. The lowest BCUT2D eigenvalue weighted by Gasteiger charge is -2.47. The summed E-state index contributed by atoms with van der Waals surface area (Å²) in [6, 6.07) is 3.47. The number of aliphatic carboxylic acids is 1. The molecule has 1 amide bonds. The summed E-state index contributed by atoms with van der Waals surface area (Å²) in [6.45, 7) is 4.73. The van der Waals surface area contributed by atoms with E-state index in [0.717, 1.165) is 37.5 Å². The van der Waals surface area contributed by atoms with Crippen LogP contribution in [0.3, 0.4) is 0 Å². The highest BCUT2D eigenvalue weighted by atomic mass is 32.1. The van der Waals surface area contributed by atoms with E-state index in [4.69, 9.17) is 19.1 Å². The number of morpholine rings is 1. The average Bonchev–Trinajstić information content (AvgIpc) is 3.43. The predicted octanol–water partition coefficient (Wildman–Crippen LogP) is 2.88. The minimum Gasteiger partial charge on any atom is -0.475 e. The summed E-state index contributed by atoms with van der Waals surface area (Å²) in [6.07, 6.45) is 0.203. The Labute approximate surface area is 180 Å². The molecule has 2 aliphatic heterocycles. The van der Waals surface area contributed by atoms with Gasteiger partial charge in [0, 0.05) is 31.2 Å². The summed E-state index contributed by atoms with van der Waals surface area (Å²) >= 11 is 1.70. The maximum Gasteiger partial charge on any atom is 0.490 e. The minimum absolute atomic E-state index is 0.0344. The highest BCUT2D eigenvalue weighted by Gasteiger charge is 2.41. The van der Waals surface area contributed by atoms with Crippen molar-refractivity contribution >= 4 is 23.2 Å². The minimum atomic E-state index is -5.08. The molecule has 2 aromatic rings. The topological polar surface area (TPSA) is 96.1 Å². The van der Waals surface area contributed by atoms with Crippen LogP contribution in [0.2, 0.25) is 0 Å². The maximum absolute atomic E-state index is 12.5. The number of halogens is 3. The Morgan fingerprint density at radius 1 is 1.26 bits per heavy atom. The van der Waals surface area contributed by atoms with Crippen molar-refractivity contribution in [3.8, 4) is 0 Å². The lowest BCUT2D eigenvalue weighted by molar-refractivity contribution is -0.192. The van der Waals surface area contributed by atoms with Crippen LogP contribution in [0.5, 0.6) is 0 Å². The fourth-order valence-electron chi connectivity index (χ4n) is 3.52. The summed E-state index contributed by atoms with van der Waals surface area (Å²) in [5, 5.41) is 10.3. The summed E-state index contributed by atoms with van der Waals surface area (Å²) in [5.41, 5.74) is -0.208. The number of carbonyl (C=O) groups excluding carboxylic acids is 1. The Hall–Kier alpha value is -2.44. The molecule has 4 heterocycles. The molecule has 0 unspecified atom stereocenters. The highest BCUT2D eigenvalue weighted by Crippen LogP contribution is 2.31. The molecule has 0 aromatic carbocycles. The van der Waals surface area contributed by atoms with Gasteiger partial charge in [-0.25, -0.2) is 9.78 Å². The first-order chi connectivity index (χ1) is 14.7. The second kappa shape index (κ2) is 9.79. The first-order valence-corrected chi connectivity index (χ1v) is 10.4. The molecule has 0 radical (unpaired) electrons. The van der Waals surface area contributed by atoms with E-state index in [2.05, 4.69) is 9.88 Å². The Balaban J connectivity index is 0.000000339. The number of amides is 1. The fraction of sp³-hybridized carbons (Fsp3) is 0.526. The number of furan rings is 1. The van der Waals surface area contributed by atoms with Gasteiger partial charge < -0.3 is 19.2 Å². The number of carbonyl (C=O) groups is 2. The zero-order chi connectivity index (χ0) is 22.5. The van der Waals surface area contributed by atoms with Crippen molar-refractivity contribution in [2.75, 3.05) is 32.8 Å². The molecular formula is C19H22F3N3O5S. The molecule has 2 fully saturated rings. The fourth-order valence-corrected chi connectivity index (χ4v) is 4.18. The van der Waals surface area contributed by atoms with Gasteiger partial charge in [-0.2, -0.15) is 13.2 Å². The molecule has 1 N–H and O–H groups in total. The van der Waals surface area contributed by atoms with Crippen molar-refractivity contribution in [2.45, 2.75) is 31.2 Å². The Morgan fingerprint density at radius 3 is 2.52 bits per heavy atom. The van der Waals surface area contributed by atoms with Crippen molar-refractivity contribution in [3.05, 3.63) is 40.7 Å². The van der Waals surface area contributed by atoms with Crippen molar-refractivity contribution in [2.24, 2.45) is 0 Å². The van der Waals surface area contributed by atoms with Gasteiger partial charge in [0.05, 0.1) is 31.6 Å². The van der Waals surface area contributed by atoms with Crippen LogP contribution in [-0.2, 0) is 16.1 Å². The number of likely N-dealkylation sites (tertiary alicyclic amines) is 1. The zero-order valence-electron chi connectivity index (χ0n) is 16.5. The van der Waals surface area contributed by atoms with E-state index in [-0.39, 0.29) is 11.5 Å². The lowest BCUT2D eigenvalue weighted by Crippen LogP contribution is -2.57. The number of thiazole rings is 1. The molecule has 0 atom stereocenters. The van der Waals surface area contributed by atoms with Gasteiger partial charge >= 0.3 is 12.1 Å². The molecule has 2 aromatic heterocycles. The van der Waals surface area contributed by atoms with E-state index in [9.17, 15) is 18.0 Å². The number of alkyl halides is 3. The van der Waals surface area contributed by atoms with Crippen molar-refractivity contribution in [1.82, 2.24) is 14.8 Å². The molecular weight excluding hydrogens is 439 g/mol. The van der Waals surface area contributed by atoms with Crippen LogP contribution in [-0.4, -0.2) is 76.3 Å². The van der Waals surface area contributed by atoms with E-state index < -0.39 is 12.1 Å². The molecule has 8 nitrogen and oxygen atoms in total. The number of ether oxygens (including phenoxy) is 1. The van der Waals surface area contributed by atoms with E-state index >= 15 is 0 Å². The normalized spacial score (nSPS) is 19.0. The SMILES string of the molecule is O=C(O)C(F)(F)F.O=C(c1ccco1)N1CCOC2(CCN(Cc3nccs3)CC2)C1. The number of hydrogen-bond donors (Lipinski definition) is 1. The molecule has 0 saturated carbocycles. The summed E-state index contributed by atoms with van der Waals surface area (Å²) in [7, 11) is 0. The molecule has 2 aliphatic rings. The predicted molar refractivity (Wildman–Crippen MR) is 104 cm³/mol. The Bertz CT molecular complexity index is 850. The first kappa shape index (κ1) is 23.2. The maximum atomic E-state index is 12.5. The highest BCUT2D eigenvalue weighted by molar-refractivity contribution is 7.09. The van der Waals surface area contributed by atoms with Gasteiger partial charge in [-0.05, 0) is 25.0 Å². The zero-order valence-corrected chi connectivity index (χ0v) is 17.3. The second-order valence-electron chi connectivity index (χ2n) is 7.24. The van der Waals surface area contributed by atoms with Gasteiger partial charge in [-0.1, -0.05) is 0 Å². The number of carboxylic acids is 1. The first-order valence-electron chi connectivity index (χ1n) is 9.56. The Kier molecular flexibility index (Phi) is 7.34. The van der Waals surface area contributed by atoms with Crippen LogP contribution in [0, 0.1) is 0 Å².